The van der Waals surface area contributed by atoms with E-state index in [9.17, 15) is 18.5 Å². The molecule has 24 heavy (non-hydrogen) atoms. The lowest BCUT2D eigenvalue weighted by Crippen LogP contribution is -2.14. The Morgan fingerprint density at radius 1 is 1.38 bits per heavy atom. The maximum Gasteiger partial charge on any atom is 0.311 e. The van der Waals surface area contributed by atoms with Crippen LogP contribution in [0.1, 0.15) is 16.8 Å². The summed E-state index contributed by atoms with van der Waals surface area (Å²) in [6.45, 7) is 3.64. The van der Waals surface area contributed by atoms with Gasteiger partial charge in [-0.25, -0.2) is 13.6 Å². The van der Waals surface area contributed by atoms with Gasteiger partial charge in [0.25, 0.3) is 0 Å². The van der Waals surface area contributed by atoms with Crippen molar-refractivity contribution < 1.29 is 13.3 Å². The molecule has 2 rings (SSSR count). The second-order valence-electron chi connectivity index (χ2n) is 5.17. The average molecular weight is 415 g/mol. The minimum absolute atomic E-state index is 0.0539. The van der Waals surface area contributed by atoms with Gasteiger partial charge in [-0.05, 0) is 47.0 Å². The monoisotopic (exact) mass is 414 g/mol. The van der Waals surface area contributed by atoms with Crippen LogP contribution in [0.25, 0.3) is 0 Å². The van der Waals surface area contributed by atoms with E-state index in [-0.39, 0.29) is 17.1 Å². The fourth-order valence-electron chi connectivity index (χ4n) is 2.21. The number of sulfonamides is 1. The number of nitro groups is 1. The Kier molecular flexibility index (Phi) is 5.21. The third-order valence-corrected chi connectivity index (χ3v) is 5.43. The number of anilines is 1. The first-order chi connectivity index (χ1) is 11.1. The third kappa shape index (κ3) is 3.89. The molecule has 10 heteroatoms. The average Bonchev–Trinajstić information content (AvgIpc) is 2.47. The zero-order chi connectivity index (χ0) is 18.1. The highest BCUT2D eigenvalue weighted by atomic mass is 79.9. The van der Waals surface area contributed by atoms with E-state index in [2.05, 4.69) is 26.2 Å². The Labute approximate surface area is 147 Å². The molecular weight excluding hydrogens is 400 g/mol. The summed E-state index contributed by atoms with van der Waals surface area (Å²) in [6, 6.07) is 4.69. The highest BCUT2D eigenvalue weighted by Gasteiger charge is 2.19. The number of hydrogen-bond acceptors (Lipinski definition) is 6. The number of primary sulfonamides is 1. The quantitative estimate of drug-likeness (QED) is 0.571. The largest absolute Gasteiger partial charge is 0.374 e. The van der Waals surface area contributed by atoms with Crippen molar-refractivity contribution in [1.29, 1.82) is 0 Å². The number of halogens is 1. The van der Waals surface area contributed by atoms with Gasteiger partial charge in [-0.1, -0.05) is 12.1 Å². The Morgan fingerprint density at radius 3 is 2.58 bits per heavy atom. The number of benzene rings is 1. The number of nitrogens with two attached hydrogens (primary N) is 1. The first-order valence-corrected chi connectivity index (χ1v) is 9.11. The number of pyridine rings is 1. The van der Waals surface area contributed by atoms with Gasteiger partial charge in [-0.3, -0.25) is 15.1 Å². The second kappa shape index (κ2) is 6.83. The summed E-state index contributed by atoms with van der Waals surface area (Å²) in [5, 5.41) is 19.3. The van der Waals surface area contributed by atoms with Gasteiger partial charge in [0.1, 0.15) is 11.9 Å². The van der Waals surface area contributed by atoms with Crippen molar-refractivity contribution in [2.45, 2.75) is 25.3 Å². The van der Waals surface area contributed by atoms with E-state index in [1.807, 2.05) is 0 Å². The van der Waals surface area contributed by atoms with Gasteiger partial charge in [0.05, 0.1) is 20.0 Å². The molecule has 1 aromatic heterocycles. The smallest absolute Gasteiger partial charge is 0.311 e. The van der Waals surface area contributed by atoms with Crippen LogP contribution in [0.4, 0.5) is 11.4 Å². The van der Waals surface area contributed by atoms with Crippen LogP contribution in [0.2, 0.25) is 0 Å². The molecule has 1 heterocycles. The molecule has 0 saturated carbocycles. The lowest BCUT2D eigenvalue weighted by Gasteiger charge is -2.12. The molecule has 0 aliphatic carbocycles. The van der Waals surface area contributed by atoms with E-state index in [0.29, 0.717) is 21.4 Å². The van der Waals surface area contributed by atoms with Crippen LogP contribution in [-0.2, 0) is 16.6 Å². The summed E-state index contributed by atoms with van der Waals surface area (Å²) in [4.78, 5) is 14.6. The summed E-state index contributed by atoms with van der Waals surface area (Å²) in [6.07, 6.45) is 1.19. The number of aryl methyl sites for hydroxylation is 2. The zero-order valence-corrected chi connectivity index (χ0v) is 15.3. The topological polar surface area (TPSA) is 128 Å². The molecule has 0 unspecified atom stereocenters. The standard InChI is InChI=1S/C14H15BrN4O4S/c1-8-5-10(3-4-12(8)24(16,22)23)6-18-14-11(19(20)21)7-17-9(2)13(14)15/h3-5,7H,6H2,1-2H3,(H,17,18)(H2,16,22,23). The predicted molar refractivity (Wildman–Crippen MR) is 93.2 cm³/mol. The minimum Gasteiger partial charge on any atom is -0.374 e. The van der Waals surface area contributed by atoms with Gasteiger partial charge in [0.15, 0.2) is 0 Å². The van der Waals surface area contributed by atoms with E-state index in [1.165, 1.54) is 12.3 Å². The summed E-state index contributed by atoms with van der Waals surface area (Å²) in [5.74, 6) is 0. The molecule has 0 saturated heterocycles. The van der Waals surface area contributed by atoms with Crippen LogP contribution in [-0.4, -0.2) is 18.3 Å². The van der Waals surface area contributed by atoms with Gasteiger partial charge in [0, 0.05) is 6.54 Å². The van der Waals surface area contributed by atoms with Crippen molar-refractivity contribution in [3.05, 3.63) is 55.8 Å². The fraction of sp³-hybridized carbons (Fsp3) is 0.214. The van der Waals surface area contributed by atoms with Crippen molar-refractivity contribution in [2.24, 2.45) is 5.14 Å². The number of rotatable bonds is 5. The van der Waals surface area contributed by atoms with Crippen molar-refractivity contribution >= 4 is 37.3 Å². The first kappa shape index (κ1) is 18.3. The summed E-state index contributed by atoms with van der Waals surface area (Å²) in [7, 11) is -3.77. The van der Waals surface area contributed by atoms with E-state index < -0.39 is 14.9 Å². The maximum atomic E-state index is 11.4. The molecule has 128 valence electrons. The molecule has 0 radical (unpaired) electrons. The van der Waals surface area contributed by atoms with Crippen molar-refractivity contribution in [1.82, 2.24) is 4.98 Å². The molecule has 0 aliphatic rings. The van der Waals surface area contributed by atoms with Crippen LogP contribution < -0.4 is 10.5 Å². The number of nitrogens with one attached hydrogen (secondary N) is 1. The van der Waals surface area contributed by atoms with Crippen LogP contribution >= 0.6 is 15.9 Å². The number of hydrogen-bond donors (Lipinski definition) is 2. The molecule has 0 bridgehead atoms. The molecule has 0 spiro atoms. The van der Waals surface area contributed by atoms with Gasteiger partial charge < -0.3 is 5.32 Å². The molecule has 0 aliphatic heterocycles. The molecule has 8 nitrogen and oxygen atoms in total. The van der Waals surface area contributed by atoms with Gasteiger partial charge in [0.2, 0.25) is 10.0 Å². The Hall–Kier alpha value is -2.04. The first-order valence-electron chi connectivity index (χ1n) is 6.77. The predicted octanol–water partition coefficient (Wildman–Crippen LogP) is 2.63. The van der Waals surface area contributed by atoms with E-state index in [1.54, 1.807) is 26.0 Å². The summed E-state index contributed by atoms with van der Waals surface area (Å²) < 4.78 is 23.3. The highest BCUT2D eigenvalue weighted by Crippen LogP contribution is 2.34. The van der Waals surface area contributed by atoms with Crippen LogP contribution in [0.5, 0.6) is 0 Å². The second-order valence-corrected chi connectivity index (χ2v) is 7.50. The molecule has 0 atom stereocenters. The Bertz CT molecular complexity index is 915. The van der Waals surface area contributed by atoms with Crippen molar-refractivity contribution in [2.75, 3.05) is 5.32 Å². The zero-order valence-electron chi connectivity index (χ0n) is 12.9. The van der Waals surface area contributed by atoms with E-state index in [4.69, 9.17) is 5.14 Å². The summed E-state index contributed by atoms with van der Waals surface area (Å²) in [5.41, 5.74) is 2.06. The molecular formula is C14H15BrN4O4S. The normalized spacial score (nSPS) is 11.3. The van der Waals surface area contributed by atoms with Crippen molar-refractivity contribution in [3.8, 4) is 0 Å². The molecule has 0 fully saturated rings. The number of aromatic nitrogens is 1. The Morgan fingerprint density at radius 2 is 2.04 bits per heavy atom. The van der Waals surface area contributed by atoms with Crippen LogP contribution in [0, 0.1) is 24.0 Å². The van der Waals surface area contributed by atoms with Gasteiger partial charge in [-0.15, -0.1) is 0 Å². The molecule has 1 aromatic carbocycles. The van der Waals surface area contributed by atoms with Crippen LogP contribution in [0.3, 0.4) is 0 Å². The molecule has 0 amide bonds. The number of nitrogens with zero attached hydrogens (tertiary/aromatic N) is 2. The van der Waals surface area contributed by atoms with E-state index >= 15 is 0 Å². The minimum atomic E-state index is -3.77. The lowest BCUT2D eigenvalue weighted by molar-refractivity contribution is -0.384. The van der Waals surface area contributed by atoms with Crippen molar-refractivity contribution in [3.63, 3.8) is 0 Å². The van der Waals surface area contributed by atoms with Crippen LogP contribution in [0.15, 0.2) is 33.8 Å². The molecule has 2 aromatic rings. The Balaban J connectivity index is 2.31. The van der Waals surface area contributed by atoms with Gasteiger partial charge in [-0.2, -0.15) is 0 Å². The highest BCUT2D eigenvalue weighted by molar-refractivity contribution is 9.10. The molecule has 3 N–H and O–H groups in total. The summed E-state index contributed by atoms with van der Waals surface area (Å²) >= 11 is 3.30. The maximum absolute atomic E-state index is 11.4. The fourth-order valence-corrected chi connectivity index (χ4v) is 3.42. The van der Waals surface area contributed by atoms with E-state index in [0.717, 1.165) is 5.56 Å². The van der Waals surface area contributed by atoms with Gasteiger partial charge >= 0.3 is 5.69 Å². The SMILES string of the molecule is Cc1cc(CNc2c([N+](=O)[O-])cnc(C)c2Br)ccc1S(N)(=O)=O. The third-order valence-electron chi connectivity index (χ3n) is 3.39. The lowest BCUT2D eigenvalue weighted by atomic mass is 10.1.